The third kappa shape index (κ3) is 5.14. The lowest BCUT2D eigenvalue weighted by atomic mass is 9.85. The Morgan fingerprint density at radius 1 is 1.30 bits per heavy atom. The fourth-order valence-corrected chi connectivity index (χ4v) is 3.51. The molecule has 30 heavy (non-hydrogen) atoms. The summed E-state index contributed by atoms with van der Waals surface area (Å²) in [6, 6.07) is 1.28. The Hall–Kier alpha value is -2.09. The first-order valence-corrected chi connectivity index (χ1v) is 9.49. The number of carbonyl (C=O) groups is 1. The molecule has 0 saturated carbocycles. The molecule has 0 aliphatic carbocycles. The van der Waals surface area contributed by atoms with E-state index in [0.717, 1.165) is 4.57 Å². The number of aliphatic hydroxyl groups is 2. The summed E-state index contributed by atoms with van der Waals surface area (Å²) < 4.78 is 22.3. The van der Waals surface area contributed by atoms with Gasteiger partial charge in [0.05, 0.1) is 13.2 Å². The van der Waals surface area contributed by atoms with Gasteiger partial charge in [0, 0.05) is 20.4 Å². The van der Waals surface area contributed by atoms with Crippen LogP contribution in [0.3, 0.4) is 0 Å². The molecule has 1 fully saturated rings. The lowest BCUT2D eigenvalue weighted by Crippen LogP contribution is -2.43. The summed E-state index contributed by atoms with van der Waals surface area (Å²) in [7, 11) is 2.95. The molecule has 12 nitrogen and oxygen atoms in total. The Bertz CT molecular complexity index is 740. The maximum absolute atomic E-state index is 12.8. The Kier molecular flexibility index (Phi) is 8.70. The second kappa shape index (κ2) is 10.8. The van der Waals surface area contributed by atoms with Crippen LogP contribution in [0.4, 0.5) is 5.82 Å². The summed E-state index contributed by atoms with van der Waals surface area (Å²) in [5, 5.41) is 29.4. The van der Waals surface area contributed by atoms with E-state index in [-0.39, 0.29) is 25.6 Å². The van der Waals surface area contributed by atoms with Crippen LogP contribution < -0.4 is 11.2 Å². The highest BCUT2D eigenvalue weighted by Crippen LogP contribution is 2.31. The van der Waals surface area contributed by atoms with E-state index < -0.39 is 41.6 Å². The van der Waals surface area contributed by atoms with Crippen LogP contribution in [0.2, 0.25) is 0 Å². The van der Waals surface area contributed by atoms with Gasteiger partial charge in [-0.1, -0.05) is 13.3 Å². The molecule has 0 bridgehead atoms. The normalized spacial score (nSPS) is 24.1. The number of carbonyl (C=O) groups excluding carboxylic acids is 1. The van der Waals surface area contributed by atoms with E-state index in [0.29, 0.717) is 12.8 Å². The molecule has 1 aliphatic heterocycles. The SMILES string of the molecule is CCCC(COC)(COC)C(=O)OC[C@H]1O[C@@H](n2ccc(NO)nc2=O)[C@H](O)[C@@H]1O. The van der Waals surface area contributed by atoms with E-state index in [9.17, 15) is 19.8 Å². The summed E-state index contributed by atoms with van der Waals surface area (Å²) in [6.07, 6.45) is -2.77. The standard InChI is InChI=1S/C18H29N3O9/c1-4-6-18(9-27-2,10-28-3)16(24)29-8-11-13(22)14(23)15(30-11)21-7-5-12(20-26)19-17(21)25/h5,7,11,13-15,22-23,26H,4,6,8-10H2,1-3H3,(H,19,20,25)/t11-,13-,14-,15-/m1/s1. The largest absolute Gasteiger partial charge is 0.462 e. The Morgan fingerprint density at radius 3 is 2.50 bits per heavy atom. The summed E-state index contributed by atoms with van der Waals surface area (Å²) in [4.78, 5) is 28.4. The predicted octanol–water partition coefficient (Wildman–Crippen LogP) is -0.714. The van der Waals surface area contributed by atoms with Gasteiger partial charge >= 0.3 is 11.7 Å². The van der Waals surface area contributed by atoms with Crippen molar-refractivity contribution in [2.75, 3.05) is 39.5 Å². The van der Waals surface area contributed by atoms with Crippen molar-refractivity contribution in [1.29, 1.82) is 0 Å². The third-order valence-electron chi connectivity index (χ3n) is 4.94. The summed E-state index contributed by atoms with van der Waals surface area (Å²) in [6.45, 7) is 1.77. The van der Waals surface area contributed by atoms with E-state index in [1.165, 1.54) is 26.5 Å². The minimum atomic E-state index is -1.46. The molecule has 0 amide bonds. The molecule has 0 radical (unpaired) electrons. The third-order valence-corrected chi connectivity index (χ3v) is 4.94. The second-order valence-electron chi connectivity index (χ2n) is 7.16. The highest BCUT2D eigenvalue weighted by atomic mass is 16.6. The van der Waals surface area contributed by atoms with Crippen molar-refractivity contribution in [1.82, 2.24) is 9.55 Å². The zero-order chi connectivity index (χ0) is 22.3. The topological polar surface area (TPSA) is 162 Å². The number of methoxy groups -OCH3 is 2. The summed E-state index contributed by atoms with van der Waals surface area (Å²) in [5.41, 5.74) is -0.0839. The van der Waals surface area contributed by atoms with Crippen molar-refractivity contribution in [3.63, 3.8) is 0 Å². The predicted molar refractivity (Wildman–Crippen MR) is 102 cm³/mol. The number of esters is 1. The molecule has 1 aromatic heterocycles. The Balaban J connectivity index is 2.10. The van der Waals surface area contributed by atoms with E-state index in [4.69, 9.17) is 24.2 Å². The van der Waals surface area contributed by atoms with Gasteiger partial charge in [0.2, 0.25) is 0 Å². The number of nitrogens with zero attached hydrogens (tertiary/aromatic N) is 2. The van der Waals surface area contributed by atoms with Crippen LogP contribution in [0.5, 0.6) is 0 Å². The minimum Gasteiger partial charge on any atom is -0.462 e. The first kappa shape index (κ1) is 24.2. The average Bonchev–Trinajstić information content (AvgIpc) is 3.00. The van der Waals surface area contributed by atoms with Gasteiger partial charge in [-0.2, -0.15) is 4.98 Å². The van der Waals surface area contributed by atoms with Gasteiger partial charge in [-0.25, -0.2) is 4.79 Å². The number of aromatic nitrogens is 2. The van der Waals surface area contributed by atoms with Gasteiger partial charge < -0.3 is 29.2 Å². The molecular weight excluding hydrogens is 402 g/mol. The highest BCUT2D eigenvalue weighted by molar-refractivity contribution is 5.77. The molecule has 0 aromatic carbocycles. The zero-order valence-corrected chi connectivity index (χ0v) is 17.2. The van der Waals surface area contributed by atoms with Gasteiger partial charge in [-0.15, -0.1) is 0 Å². The molecule has 12 heteroatoms. The van der Waals surface area contributed by atoms with E-state index >= 15 is 0 Å². The number of ether oxygens (including phenoxy) is 4. The van der Waals surface area contributed by atoms with Gasteiger partial charge in [-0.05, 0) is 12.5 Å². The van der Waals surface area contributed by atoms with E-state index in [1.54, 1.807) is 5.48 Å². The van der Waals surface area contributed by atoms with Crippen LogP contribution in [0.1, 0.15) is 26.0 Å². The van der Waals surface area contributed by atoms with Gasteiger partial charge in [0.1, 0.15) is 30.3 Å². The number of hydrogen-bond acceptors (Lipinski definition) is 11. The van der Waals surface area contributed by atoms with E-state index in [1.807, 2.05) is 6.92 Å². The van der Waals surface area contributed by atoms with Crippen LogP contribution >= 0.6 is 0 Å². The summed E-state index contributed by atoms with van der Waals surface area (Å²) in [5.74, 6) is -0.655. The fourth-order valence-electron chi connectivity index (χ4n) is 3.51. The van der Waals surface area contributed by atoms with Gasteiger partial charge in [0.15, 0.2) is 12.0 Å². The van der Waals surface area contributed by atoms with Crippen molar-refractivity contribution < 1.29 is 39.2 Å². The molecule has 2 heterocycles. The molecule has 0 unspecified atom stereocenters. The Labute approximate surface area is 173 Å². The molecule has 4 atom stereocenters. The van der Waals surface area contributed by atoms with Crippen molar-refractivity contribution in [2.24, 2.45) is 5.41 Å². The number of rotatable bonds is 11. The van der Waals surface area contributed by atoms with Crippen LogP contribution in [0, 0.1) is 5.41 Å². The first-order chi connectivity index (χ1) is 14.3. The van der Waals surface area contributed by atoms with Crippen LogP contribution in [-0.4, -0.2) is 83.3 Å². The lowest BCUT2D eigenvalue weighted by molar-refractivity contribution is -0.170. The molecule has 2 rings (SSSR count). The first-order valence-electron chi connectivity index (χ1n) is 9.49. The molecule has 1 saturated heterocycles. The molecule has 4 N–H and O–H groups in total. The molecular formula is C18H29N3O9. The molecule has 0 spiro atoms. The Morgan fingerprint density at radius 2 is 1.97 bits per heavy atom. The minimum absolute atomic E-state index is 0.0849. The second-order valence-corrected chi connectivity index (χ2v) is 7.16. The van der Waals surface area contributed by atoms with Crippen molar-refractivity contribution in [3.8, 4) is 0 Å². The average molecular weight is 431 g/mol. The fraction of sp³-hybridized carbons (Fsp3) is 0.722. The molecule has 1 aromatic rings. The van der Waals surface area contributed by atoms with E-state index in [2.05, 4.69) is 4.98 Å². The van der Waals surface area contributed by atoms with Crippen molar-refractivity contribution >= 4 is 11.8 Å². The van der Waals surface area contributed by atoms with Crippen LogP contribution in [0.25, 0.3) is 0 Å². The monoisotopic (exact) mass is 431 g/mol. The highest BCUT2D eigenvalue weighted by Gasteiger charge is 2.46. The number of anilines is 1. The molecule has 1 aliphatic rings. The lowest BCUT2D eigenvalue weighted by Gasteiger charge is -2.30. The van der Waals surface area contributed by atoms with Crippen LogP contribution in [-0.2, 0) is 23.7 Å². The van der Waals surface area contributed by atoms with Crippen molar-refractivity contribution in [3.05, 3.63) is 22.7 Å². The van der Waals surface area contributed by atoms with Gasteiger partial charge in [0.25, 0.3) is 0 Å². The number of hydrogen-bond donors (Lipinski definition) is 4. The van der Waals surface area contributed by atoms with Gasteiger partial charge in [-0.3, -0.25) is 20.0 Å². The maximum atomic E-state index is 12.8. The number of aliphatic hydroxyl groups excluding tert-OH is 2. The summed E-state index contributed by atoms with van der Waals surface area (Å²) >= 11 is 0. The quantitative estimate of drug-likeness (QED) is 0.258. The van der Waals surface area contributed by atoms with Crippen molar-refractivity contribution in [2.45, 2.75) is 44.3 Å². The zero-order valence-electron chi connectivity index (χ0n) is 17.2. The number of nitrogens with one attached hydrogen (secondary N) is 1. The maximum Gasteiger partial charge on any atom is 0.351 e. The van der Waals surface area contributed by atoms with Crippen LogP contribution in [0.15, 0.2) is 17.1 Å². The smallest absolute Gasteiger partial charge is 0.351 e. The molecule has 170 valence electrons.